The van der Waals surface area contributed by atoms with E-state index in [0.717, 1.165) is 4.31 Å². The van der Waals surface area contributed by atoms with Crippen LogP contribution in [0.5, 0.6) is 5.75 Å². The molecule has 0 atom stereocenters. The minimum atomic E-state index is -4.78. The standard InChI is InChI=1S/C19H19F6N3O4S/c1-28(2)33(30,31)14-5-3-4-13(9-14)27-17(29)10-26-15-8-12(19(23,24)25)6-7-16(15)32-11-18(20,21)22/h3-9,26H,10-11H2,1-2H3,(H,27,29). The van der Waals surface area contributed by atoms with E-state index in [4.69, 9.17) is 0 Å². The molecule has 1 amide bonds. The first kappa shape index (κ1) is 26.3. The summed E-state index contributed by atoms with van der Waals surface area (Å²) in [6.45, 7) is -2.39. The highest BCUT2D eigenvalue weighted by Gasteiger charge is 2.32. The van der Waals surface area contributed by atoms with E-state index in [0.29, 0.717) is 18.2 Å². The number of nitrogens with one attached hydrogen (secondary N) is 2. The maximum atomic E-state index is 13.0. The molecule has 33 heavy (non-hydrogen) atoms. The van der Waals surface area contributed by atoms with Crippen LogP contribution in [0.3, 0.4) is 0 Å². The number of rotatable bonds is 8. The van der Waals surface area contributed by atoms with E-state index in [1.165, 1.54) is 38.4 Å². The highest BCUT2D eigenvalue weighted by Crippen LogP contribution is 2.35. The Hall–Kier alpha value is -3.00. The van der Waals surface area contributed by atoms with E-state index in [-0.39, 0.29) is 10.6 Å². The summed E-state index contributed by atoms with van der Waals surface area (Å²) in [6.07, 6.45) is -9.51. The fraction of sp³-hybridized carbons (Fsp3) is 0.316. The molecule has 2 rings (SSSR count). The second kappa shape index (κ2) is 9.87. The van der Waals surface area contributed by atoms with E-state index < -0.39 is 58.4 Å². The Bertz CT molecular complexity index is 1100. The molecule has 0 aliphatic rings. The van der Waals surface area contributed by atoms with Crippen LogP contribution >= 0.6 is 0 Å². The van der Waals surface area contributed by atoms with Crippen molar-refractivity contribution in [2.24, 2.45) is 0 Å². The number of hydrogen-bond donors (Lipinski definition) is 2. The number of hydrogen-bond acceptors (Lipinski definition) is 5. The summed E-state index contributed by atoms with van der Waals surface area (Å²) >= 11 is 0. The predicted molar refractivity (Wildman–Crippen MR) is 107 cm³/mol. The molecule has 2 aromatic carbocycles. The molecule has 0 spiro atoms. The zero-order chi connectivity index (χ0) is 25.0. The number of sulfonamides is 1. The predicted octanol–water partition coefficient (Wildman–Crippen LogP) is 3.95. The number of anilines is 2. The van der Waals surface area contributed by atoms with Gasteiger partial charge in [0.2, 0.25) is 15.9 Å². The molecule has 14 heteroatoms. The van der Waals surface area contributed by atoms with Gasteiger partial charge in [0.25, 0.3) is 0 Å². The van der Waals surface area contributed by atoms with Gasteiger partial charge in [-0.2, -0.15) is 26.3 Å². The van der Waals surface area contributed by atoms with Gasteiger partial charge in [-0.25, -0.2) is 12.7 Å². The van der Waals surface area contributed by atoms with Gasteiger partial charge in [-0.05, 0) is 36.4 Å². The van der Waals surface area contributed by atoms with Crippen molar-refractivity contribution >= 4 is 27.3 Å². The lowest BCUT2D eigenvalue weighted by Crippen LogP contribution is -2.24. The summed E-state index contributed by atoms with van der Waals surface area (Å²) in [5, 5.41) is 4.67. The number of ether oxygens (including phenoxy) is 1. The number of carbonyl (C=O) groups is 1. The second-order valence-corrected chi connectivity index (χ2v) is 8.98. The van der Waals surface area contributed by atoms with Crippen molar-refractivity contribution in [3.8, 4) is 5.75 Å². The smallest absolute Gasteiger partial charge is 0.422 e. The molecule has 0 aromatic heterocycles. The molecule has 0 aliphatic heterocycles. The summed E-state index contributed by atoms with van der Waals surface area (Å²) in [6, 6.07) is 7.01. The normalized spacial score (nSPS) is 12.5. The van der Waals surface area contributed by atoms with Gasteiger partial charge in [-0.3, -0.25) is 4.79 Å². The molecule has 0 radical (unpaired) electrons. The number of nitrogens with zero attached hydrogens (tertiary/aromatic N) is 1. The van der Waals surface area contributed by atoms with Crippen molar-refractivity contribution in [3.05, 3.63) is 48.0 Å². The van der Waals surface area contributed by atoms with Crippen molar-refractivity contribution in [1.82, 2.24) is 4.31 Å². The van der Waals surface area contributed by atoms with Gasteiger partial charge in [0.15, 0.2) is 6.61 Å². The van der Waals surface area contributed by atoms with Crippen molar-refractivity contribution in [2.75, 3.05) is 37.9 Å². The molecule has 2 aromatic rings. The maximum absolute atomic E-state index is 13.0. The van der Waals surface area contributed by atoms with Crippen LogP contribution in [0.1, 0.15) is 5.56 Å². The van der Waals surface area contributed by atoms with Gasteiger partial charge < -0.3 is 15.4 Å². The minimum Gasteiger partial charge on any atom is -0.482 e. The van der Waals surface area contributed by atoms with Gasteiger partial charge in [0.1, 0.15) is 5.75 Å². The maximum Gasteiger partial charge on any atom is 0.422 e. The van der Waals surface area contributed by atoms with Crippen molar-refractivity contribution in [2.45, 2.75) is 17.2 Å². The summed E-state index contributed by atoms with van der Waals surface area (Å²) in [4.78, 5) is 12.1. The fourth-order valence-corrected chi connectivity index (χ4v) is 3.40. The van der Waals surface area contributed by atoms with E-state index in [1.54, 1.807) is 0 Å². The van der Waals surface area contributed by atoms with Crippen LogP contribution in [0.2, 0.25) is 0 Å². The van der Waals surface area contributed by atoms with Crippen LogP contribution in [-0.2, 0) is 21.0 Å². The Labute approximate surface area is 185 Å². The third kappa shape index (κ3) is 7.53. The first-order chi connectivity index (χ1) is 15.1. The van der Waals surface area contributed by atoms with Crippen molar-refractivity contribution in [1.29, 1.82) is 0 Å². The van der Waals surface area contributed by atoms with Gasteiger partial charge in [0, 0.05) is 19.8 Å². The van der Waals surface area contributed by atoms with Crippen LogP contribution in [0, 0.1) is 0 Å². The zero-order valence-corrected chi connectivity index (χ0v) is 18.0. The van der Waals surface area contributed by atoms with E-state index in [9.17, 15) is 39.6 Å². The summed E-state index contributed by atoms with van der Waals surface area (Å²) in [7, 11) is -1.15. The number of amides is 1. The Balaban J connectivity index is 2.17. The van der Waals surface area contributed by atoms with Gasteiger partial charge >= 0.3 is 12.4 Å². The Morgan fingerprint density at radius 2 is 1.70 bits per heavy atom. The summed E-state index contributed by atoms with van der Waals surface area (Å²) in [5.74, 6) is -1.33. The van der Waals surface area contributed by atoms with Crippen molar-refractivity contribution < 1.29 is 44.3 Å². The first-order valence-corrected chi connectivity index (χ1v) is 10.5. The molecule has 0 unspecified atom stereocenters. The van der Waals surface area contributed by atoms with Gasteiger partial charge in [0.05, 0.1) is 22.7 Å². The van der Waals surface area contributed by atoms with Crippen LogP contribution < -0.4 is 15.4 Å². The van der Waals surface area contributed by atoms with Crippen LogP contribution in [0.25, 0.3) is 0 Å². The minimum absolute atomic E-state index is 0.0855. The molecule has 0 bridgehead atoms. The van der Waals surface area contributed by atoms with Crippen LogP contribution in [0.15, 0.2) is 47.4 Å². The third-order valence-electron chi connectivity index (χ3n) is 4.03. The molecule has 0 fully saturated rings. The SMILES string of the molecule is CN(C)S(=O)(=O)c1cccc(NC(=O)CNc2cc(C(F)(F)F)ccc2OCC(F)(F)F)c1. The van der Waals surface area contributed by atoms with Crippen LogP contribution in [0.4, 0.5) is 37.7 Å². The van der Waals surface area contributed by atoms with E-state index >= 15 is 0 Å². The Kier molecular flexibility index (Phi) is 7.85. The largest absolute Gasteiger partial charge is 0.482 e. The number of alkyl halides is 6. The van der Waals surface area contributed by atoms with Gasteiger partial charge in [-0.15, -0.1) is 0 Å². The zero-order valence-electron chi connectivity index (χ0n) is 17.2. The lowest BCUT2D eigenvalue weighted by molar-refractivity contribution is -0.153. The monoisotopic (exact) mass is 499 g/mol. The molecule has 0 saturated heterocycles. The fourth-order valence-electron chi connectivity index (χ4n) is 2.46. The highest BCUT2D eigenvalue weighted by atomic mass is 32.2. The number of halogens is 6. The molecular formula is C19H19F6N3O4S. The molecule has 0 heterocycles. The number of carbonyl (C=O) groups excluding carboxylic acids is 1. The van der Waals surface area contributed by atoms with Crippen molar-refractivity contribution in [3.63, 3.8) is 0 Å². The molecule has 182 valence electrons. The highest BCUT2D eigenvalue weighted by molar-refractivity contribution is 7.89. The average Bonchev–Trinajstić information content (AvgIpc) is 2.69. The molecular weight excluding hydrogens is 480 g/mol. The molecule has 7 nitrogen and oxygen atoms in total. The van der Waals surface area contributed by atoms with Gasteiger partial charge in [-0.1, -0.05) is 6.07 Å². The van der Waals surface area contributed by atoms with E-state index in [1.807, 2.05) is 0 Å². The van der Waals surface area contributed by atoms with E-state index in [2.05, 4.69) is 15.4 Å². The summed E-state index contributed by atoms with van der Waals surface area (Å²) in [5.41, 5.74) is -1.55. The molecule has 2 N–H and O–H groups in total. The Morgan fingerprint density at radius 1 is 1.03 bits per heavy atom. The lowest BCUT2D eigenvalue weighted by Gasteiger charge is -2.17. The first-order valence-electron chi connectivity index (χ1n) is 9.07. The average molecular weight is 499 g/mol. The Morgan fingerprint density at radius 3 is 2.27 bits per heavy atom. The number of benzene rings is 2. The van der Waals surface area contributed by atoms with Crippen LogP contribution in [-0.4, -0.2) is 52.1 Å². The quantitative estimate of drug-likeness (QED) is 0.538. The second-order valence-electron chi connectivity index (χ2n) is 6.83. The lowest BCUT2D eigenvalue weighted by atomic mass is 10.1. The molecule has 0 aliphatic carbocycles. The third-order valence-corrected chi connectivity index (χ3v) is 5.85. The topological polar surface area (TPSA) is 87.7 Å². The molecule has 0 saturated carbocycles. The summed E-state index contributed by atoms with van der Waals surface area (Å²) < 4.78 is 106.